The molecule has 2 saturated carbocycles. The van der Waals surface area contributed by atoms with Gasteiger partial charge in [-0.1, -0.05) is 25.0 Å². The molecule has 3 aromatic rings. The van der Waals surface area contributed by atoms with Crippen LogP contribution in [0.15, 0.2) is 54.9 Å². The fraction of sp³-hybridized carbons (Fsp3) is 0.545. The second-order valence-corrected chi connectivity index (χ2v) is 19.2. The van der Waals surface area contributed by atoms with Gasteiger partial charge >= 0.3 is 0 Å². The Balaban J connectivity index is 1.14. The van der Waals surface area contributed by atoms with E-state index in [4.69, 9.17) is 14.5 Å². The zero-order chi connectivity index (χ0) is 43.1. The van der Waals surface area contributed by atoms with Crippen LogP contribution in [0, 0.1) is 18.8 Å². The molecule has 4 amide bonds. The Morgan fingerprint density at radius 1 is 1.07 bits per heavy atom. The van der Waals surface area contributed by atoms with Gasteiger partial charge in [0.05, 0.1) is 36.7 Å². The van der Waals surface area contributed by atoms with Crippen LogP contribution in [-0.4, -0.2) is 107 Å². The number of methoxy groups -OCH3 is 1. The number of nitrogens with zero attached hydrogens (tertiary/aromatic N) is 4. The number of alkyl halides is 2. The van der Waals surface area contributed by atoms with Gasteiger partial charge in [-0.3, -0.25) is 28.9 Å². The molecule has 61 heavy (non-hydrogen) atoms. The van der Waals surface area contributed by atoms with E-state index >= 15 is 0 Å². The summed E-state index contributed by atoms with van der Waals surface area (Å²) in [6, 6.07) is 7.89. The number of aromatic nitrogens is 2. The third-order valence-electron chi connectivity index (χ3n) is 12.7. The second-order valence-electron chi connectivity index (χ2n) is 17.2. The van der Waals surface area contributed by atoms with Crippen LogP contribution in [0.3, 0.4) is 0 Å². The first-order valence-corrected chi connectivity index (χ1v) is 22.8. The molecule has 5 aliphatic rings. The van der Waals surface area contributed by atoms with Gasteiger partial charge in [0, 0.05) is 72.6 Å². The van der Waals surface area contributed by atoms with Gasteiger partial charge in [0.1, 0.15) is 29.2 Å². The molecule has 0 bridgehead atoms. The first-order chi connectivity index (χ1) is 29.2. The maximum absolute atomic E-state index is 14.9. The fourth-order valence-corrected chi connectivity index (χ4v) is 10.4. The largest absolute Gasteiger partial charge is 0.496 e. The van der Waals surface area contributed by atoms with Crippen molar-refractivity contribution in [2.45, 2.75) is 113 Å². The number of ether oxygens (including phenoxy) is 2. The van der Waals surface area contributed by atoms with Crippen molar-refractivity contribution in [2.24, 2.45) is 11.8 Å². The van der Waals surface area contributed by atoms with Crippen LogP contribution in [0.4, 0.5) is 8.78 Å². The van der Waals surface area contributed by atoms with Crippen molar-refractivity contribution in [3.63, 3.8) is 0 Å². The number of likely N-dealkylation sites (tertiary alicyclic amines) is 1. The SMILES string of the molecule is COc1ccc2c(O[C@@H]3C[C@H]4C(=O)N[C@]5(C(=O)NS(=O)(=O)C6CC6)CC5/C=C\CCCCC[C@H](CC(=O)N5CCCC(F)(F)C5)C(=O)N4C3)cc(-c3cccnc3)nc2c1C. The Kier molecular flexibility index (Phi) is 11.8. The maximum Gasteiger partial charge on any atom is 0.265 e. The molecule has 2 aromatic heterocycles. The van der Waals surface area contributed by atoms with Gasteiger partial charge in [0.25, 0.3) is 11.8 Å². The number of aryl methyl sites for hydroxylation is 1. The van der Waals surface area contributed by atoms with Gasteiger partial charge < -0.3 is 24.6 Å². The third-order valence-corrected chi connectivity index (χ3v) is 14.6. The molecule has 0 spiro atoms. The second kappa shape index (κ2) is 16.9. The lowest BCUT2D eigenvalue weighted by Crippen LogP contribution is -2.57. The van der Waals surface area contributed by atoms with E-state index in [9.17, 15) is 36.4 Å². The summed E-state index contributed by atoms with van der Waals surface area (Å²) in [6.07, 6.45) is 9.90. The van der Waals surface area contributed by atoms with Gasteiger partial charge in [-0.25, -0.2) is 22.2 Å². The van der Waals surface area contributed by atoms with Crippen LogP contribution in [-0.2, 0) is 29.2 Å². The number of halogens is 2. The van der Waals surface area contributed by atoms with Gasteiger partial charge in [-0.05, 0) is 76.1 Å². The number of piperidine rings is 1. The average Bonchev–Trinajstić information content (AvgIpc) is 4.16. The lowest BCUT2D eigenvalue weighted by Gasteiger charge is -2.34. The summed E-state index contributed by atoms with van der Waals surface area (Å²) >= 11 is 0. The van der Waals surface area contributed by atoms with Gasteiger partial charge in [-0.15, -0.1) is 0 Å². The summed E-state index contributed by atoms with van der Waals surface area (Å²) < 4.78 is 69.4. The van der Waals surface area contributed by atoms with E-state index in [1.165, 1.54) is 4.90 Å². The van der Waals surface area contributed by atoms with Crippen LogP contribution in [0.2, 0.25) is 0 Å². The first kappa shape index (κ1) is 42.5. The number of hydrogen-bond donors (Lipinski definition) is 2. The van der Waals surface area contributed by atoms with Crippen molar-refractivity contribution in [3.8, 4) is 22.8 Å². The number of fused-ring (bicyclic) bond motifs is 3. The highest BCUT2D eigenvalue weighted by Crippen LogP contribution is 2.46. The summed E-state index contributed by atoms with van der Waals surface area (Å²) in [5.41, 5.74) is 1.11. The number of sulfonamides is 1. The first-order valence-electron chi connectivity index (χ1n) is 21.2. The Labute approximate surface area is 353 Å². The van der Waals surface area contributed by atoms with Crippen LogP contribution >= 0.6 is 0 Å². The van der Waals surface area contributed by atoms with Crippen molar-refractivity contribution in [2.75, 3.05) is 26.7 Å². The fourth-order valence-electron chi connectivity index (χ4n) is 9.04. The van der Waals surface area contributed by atoms with Crippen LogP contribution in [0.25, 0.3) is 22.2 Å². The van der Waals surface area contributed by atoms with Crippen molar-refractivity contribution in [1.29, 1.82) is 0 Å². The molecule has 2 N–H and O–H groups in total. The average molecular weight is 863 g/mol. The summed E-state index contributed by atoms with van der Waals surface area (Å²) in [7, 11) is -2.37. The highest BCUT2D eigenvalue weighted by atomic mass is 32.2. The Morgan fingerprint density at radius 3 is 2.62 bits per heavy atom. The van der Waals surface area contributed by atoms with Crippen LogP contribution in [0.5, 0.6) is 11.5 Å². The highest BCUT2D eigenvalue weighted by Gasteiger charge is 2.62. The van der Waals surface area contributed by atoms with Crippen LogP contribution < -0.4 is 19.5 Å². The lowest BCUT2D eigenvalue weighted by atomic mass is 9.94. The summed E-state index contributed by atoms with van der Waals surface area (Å²) in [6.45, 7) is 1.27. The molecule has 0 radical (unpaired) electrons. The van der Waals surface area contributed by atoms with E-state index in [1.54, 1.807) is 37.7 Å². The summed E-state index contributed by atoms with van der Waals surface area (Å²) in [4.78, 5) is 68.8. The van der Waals surface area contributed by atoms with Crippen molar-refractivity contribution >= 4 is 44.6 Å². The third kappa shape index (κ3) is 9.07. The molecule has 8 rings (SSSR count). The van der Waals surface area contributed by atoms with Gasteiger partial charge in [-0.2, -0.15) is 0 Å². The number of carbonyl (C=O) groups is 4. The molecule has 5 heterocycles. The van der Waals surface area contributed by atoms with Crippen molar-refractivity contribution in [3.05, 3.63) is 60.4 Å². The number of carbonyl (C=O) groups excluding carboxylic acids is 4. The maximum atomic E-state index is 14.9. The van der Waals surface area contributed by atoms with Gasteiger partial charge in [0.2, 0.25) is 27.7 Å². The number of allylic oxidation sites excluding steroid dienone is 1. The Bertz CT molecular complexity index is 2340. The minimum Gasteiger partial charge on any atom is -0.496 e. The minimum atomic E-state index is -3.94. The number of amides is 4. The normalized spacial score (nSPS) is 27.5. The minimum absolute atomic E-state index is 0.00363. The summed E-state index contributed by atoms with van der Waals surface area (Å²) in [5, 5.41) is 2.88. The lowest BCUT2D eigenvalue weighted by molar-refractivity contribution is -0.148. The van der Waals surface area contributed by atoms with Crippen LogP contribution in [0.1, 0.15) is 82.6 Å². The summed E-state index contributed by atoms with van der Waals surface area (Å²) in [5.74, 6) is -5.89. The zero-order valence-corrected chi connectivity index (χ0v) is 35.2. The predicted octanol–water partition coefficient (Wildman–Crippen LogP) is 5.23. The highest BCUT2D eigenvalue weighted by molar-refractivity contribution is 7.91. The molecule has 2 aliphatic carbocycles. The molecule has 326 valence electrons. The number of rotatable bonds is 9. The molecule has 5 atom stereocenters. The quantitative estimate of drug-likeness (QED) is 0.271. The van der Waals surface area contributed by atoms with E-state index < -0.39 is 80.9 Å². The predicted molar refractivity (Wildman–Crippen MR) is 221 cm³/mol. The van der Waals surface area contributed by atoms with E-state index in [0.717, 1.165) is 22.4 Å². The number of hydrogen-bond acceptors (Lipinski definition) is 10. The van der Waals surface area contributed by atoms with E-state index in [1.807, 2.05) is 31.2 Å². The van der Waals surface area contributed by atoms with E-state index in [0.29, 0.717) is 66.6 Å². The molecule has 4 fully saturated rings. The monoisotopic (exact) mass is 862 g/mol. The topological polar surface area (TPSA) is 177 Å². The van der Waals surface area contributed by atoms with E-state index in [2.05, 4.69) is 15.0 Å². The molecule has 2 saturated heterocycles. The van der Waals surface area contributed by atoms with E-state index in [-0.39, 0.29) is 45.2 Å². The smallest absolute Gasteiger partial charge is 0.265 e. The standard InChI is InChI=1S/C44H52F2N6O8S/c1-27-36(59-2)16-15-33-37(22-34(48-39(27)33)29-11-8-18-47-24-29)60-31-21-35-40(54)49-44(42(56)50-61(57,58)32-13-14-32)23-30(44)12-7-5-3-4-6-10-28(41(55)52(35)25-31)20-38(53)51-19-9-17-43(45,46)26-51/h7-8,11-12,15-16,18,22,24,28,30-32,35H,3-6,9-10,13-14,17,19-21,23,25-26H2,1-2H3,(H,49,54)(H,50,56)/b12-7-/t28-,30?,31-,35+,44-/m1/s1. The Morgan fingerprint density at radius 2 is 1.89 bits per heavy atom. The van der Waals surface area contributed by atoms with Crippen molar-refractivity contribution < 1.29 is 45.9 Å². The molecule has 17 heteroatoms. The Hall–Kier alpha value is -5.19. The molecule has 1 unspecified atom stereocenters. The molecular formula is C44H52F2N6O8S. The molecule has 1 aromatic carbocycles. The van der Waals surface area contributed by atoms with Crippen molar-refractivity contribution in [1.82, 2.24) is 29.8 Å². The molecule has 3 aliphatic heterocycles. The van der Waals surface area contributed by atoms with Gasteiger partial charge in [0.15, 0.2) is 0 Å². The number of pyridine rings is 2. The zero-order valence-electron chi connectivity index (χ0n) is 34.4. The molecule has 14 nitrogen and oxygen atoms in total. The number of nitrogens with one attached hydrogen (secondary N) is 2. The molecular weight excluding hydrogens is 811 g/mol. The number of benzene rings is 1.